The summed E-state index contributed by atoms with van der Waals surface area (Å²) < 4.78 is 2.11. The Morgan fingerprint density at radius 1 is 0.849 bits per heavy atom. The molecule has 0 saturated heterocycles. The van der Waals surface area contributed by atoms with E-state index in [2.05, 4.69) is 153 Å². The lowest BCUT2D eigenvalue weighted by atomic mass is 9.80. The van der Waals surface area contributed by atoms with E-state index in [1.807, 2.05) is 37.0 Å². The Kier molecular flexibility index (Phi) is 9.94. The van der Waals surface area contributed by atoms with Crippen LogP contribution in [0.25, 0.3) is 27.5 Å². The molecule has 1 aliphatic rings. The lowest BCUT2D eigenvalue weighted by Crippen LogP contribution is -2.25. The summed E-state index contributed by atoms with van der Waals surface area (Å²) in [6.07, 6.45) is 10.1. The summed E-state index contributed by atoms with van der Waals surface area (Å²) in [6.45, 7) is 37.0. The van der Waals surface area contributed by atoms with Gasteiger partial charge in [-0.05, 0) is 83.2 Å². The summed E-state index contributed by atoms with van der Waals surface area (Å²) >= 11 is 0. The molecule has 0 saturated carbocycles. The molecule has 0 amide bonds. The Morgan fingerprint density at radius 3 is 1.81 bits per heavy atom. The monoisotopic (exact) mass is 702 g/mol. The first-order valence-corrected chi connectivity index (χ1v) is 18.2. The van der Waals surface area contributed by atoms with E-state index in [4.69, 9.17) is 5.73 Å². The van der Waals surface area contributed by atoms with Gasteiger partial charge >= 0.3 is 0 Å². The third-order valence-electron chi connectivity index (χ3n) is 10.1. The van der Waals surface area contributed by atoms with Gasteiger partial charge in [-0.3, -0.25) is 0 Å². The van der Waals surface area contributed by atoms with Crippen LogP contribution in [0.2, 0.25) is 0 Å². The lowest BCUT2D eigenvalue weighted by molar-refractivity contribution is 0.343. The second-order valence-electron chi connectivity index (χ2n) is 17.3. The topological polar surface area (TPSA) is 93.8 Å². The molecule has 1 aromatic heterocycles. The van der Waals surface area contributed by atoms with Crippen LogP contribution in [-0.4, -0.2) is 4.57 Å². The number of fused-ring (bicyclic) bond motifs is 3. The smallest absolute Gasteiger partial charge is 0.103 e. The zero-order valence-corrected chi connectivity index (χ0v) is 33.4. The number of rotatable bonds is 6. The molecule has 0 bridgehead atoms. The van der Waals surface area contributed by atoms with Crippen molar-refractivity contribution in [2.45, 2.75) is 87.0 Å². The summed E-state index contributed by atoms with van der Waals surface area (Å²) in [5.74, 6) is 0.0474. The molecule has 53 heavy (non-hydrogen) atoms. The second kappa shape index (κ2) is 13.7. The quantitative estimate of drug-likeness (QED) is 0.154. The predicted molar refractivity (Wildman–Crippen MR) is 226 cm³/mol. The highest BCUT2D eigenvalue weighted by Crippen LogP contribution is 2.50. The minimum absolute atomic E-state index is 0.0474. The molecule has 0 spiro atoms. The van der Waals surface area contributed by atoms with Crippen molar-refractivity contribution in [1.82, 2.24) is 4.57 Å². The first kappa shape index (κ1) is 38.5. The average Bonchev–Trinajstić information content (AvgIpc) is 3.26. The van der Waals surface area contributed by atoms with E-state index >= 15 is 0 Å². The summed E-state index contributed by atoms with van der Waals surface area (Å²) in [5, 5.41) is 27.5. The molecule has 4 aromatic rings. The van der Waals surface area contributed by atoms with E-state index < -0.39 is 0 Å². The average molecular weight is 703 g/mol. The molecule has 5 rings (SSSR count). The Bertz CT molecular complexity index is 2300. The van der Waals surface area contributed by atoms with Gasteiger partial charge in [0.2, 0.25) is 0 Å². The minimum atomic E-state index is -0.102. The molecule has 0 radical (unpaired) electrons. The normalized spacial score (nSPS) is 15.4. The SMILES string of the molecule is C=C(/C=C\C)Nc1c(N2C(=C)C=CC(C(C)(C)C)C=C2C(=C)C)c(N)c(C#N)c(C#N)c1-n1c2ccc(C(C)(C)C)cc2c2cc(C(C)(C)C)ccc21. The maximum Gasteiger partial charge on any atom is 0.103 e. The maximum atomic E-state index is 11.0. The molecule has 6 nitrogen and oxygen atoms in total. The van der Waals surface area contributed by atoms with Crippen molar-refractivity contribution in [3.05, 3.63) is 131 Å². The van der Waals surface area contributed by atoms with Gasteiger partial charge in [-0.1, -0.05) is 112 Å². The Labute approximate surface area is 316 Å². The summed E-state index contributed by atoms with van der Waals surface area (Å²) in [5.41, 5.74) is 15.7. The molecule has 3 aromatic carbocycles. The fourth-order valence-corrected chi connectivity index (χ4v) is 7.02. The van der Waals surface area contributed by atoms with Crippen molar-refractivity contribution in [3.8, 4) is 17.8 Å². The number of hydrogen-bond acceptors (Lipinski definition) is 5. The third-order valence-corrected chi connectivity index (χ3v) is 10.1. The van der Waals surface area contributed by atoms with Gasteiger partial charge in [-0.25, -0.2) is 0 Å². The number of nitrogens with zero attached hydrogens (tertiary/aromatic N) is 4. The molecule has 0 aliphatic carbocycles. The highest BCUT2D eigenvalue weighted by Gasteiger charge is 2.34. The molecule has 2 heterocycles. The van der Waals surface area contributed by atoms with Crippen molar-refractivity contribution >= 4 is 38.9 Å². The van der Waals surface area contributed by atoms with Crippen molar-refractivity contribution in [1.29, 1.82) is 10.5 Å². The minimum Gasteiger partial charge on any atom is -0.396 e. The van der Waals surface area contributed by atoms with Crippen LogP contribution >= 0.6 is 0 Å². The van der Waals surface area contributed by atoms with Gasteiger partial charge in [-0.2, -0.15) is 10.5 Å². The van der Waals surface area contributed by atoms with Crippen LogP contribution < -0.4 is 16.0 Å². The van der Waals surface area contributed by atoms with Gasteiger partial charge in [0, 0.05) is 33.8 Å². The third kappa shape index (κ3) is 6.95. The molecular weight excluding hydrogens is 649 g/mol. The first-order chi connectivity index (χ1) is 24.6. The largest absolute Gasteiger partial charge is 0.396 e. The van der Waals surface area contributed by atoms with Crippen LogP contribution in [0, 0.1) is 34.0 Å². The standard InChI is InChI=1S/C47H54N6/c1-15-16-29(4)51-42-43(53-38-21-19-31(45(6,7)8)23-34(38)35-24-32(46(9,10)11)20-22-39(35)53)37(27-49)36(26-48)41(50)44(42)52-30(5)17-18-33(47(12,13)14)25-40(52)28(2)3/h15-25,33,51H,2,4-5,50H2,1,3,6-14H3/b16-15-. The molecule has 3 N–H and O–H groups in total. The molecule has 1 atom stereocenters. The van der Waals surface area contributed by atoms with E-state index in [0.29, 0.717) is 28.5 Å². The van der Waals surface area contributed by atoms with Gasteiger partial charge < -0.3 is 20.5 Å². The number of anilines is 3. The predicted octanol–water partition coefficient (Wildman–Crippen LogP) is 12.2. The van der Waals surface area contributed by atoms with Gasteiger partial charge in [0.15, 0.2) is 0 Å². The van der Waals surface area contributed by atoms with E-state index in [1.54, 1.807) is 0 Å². The van der Waals surface area contributed by atoms with E-state index in [0.717, 1.165) is 33.1 Å². The highest BCUT2D eigenvalue weighted by atomic mass is 15.2. The number of nitriles is 2. The van der Waals surface area contributed by atoms with Crippen LogP contribution in [0.15, 0.2) is 109 Å². The fourth-order valence-electron chi connectivity index (χ4n) is 7.02. The number of benzene rings is 3. The van der Waals surface area contributed by atoms with Gasteiger partial charge in [0.25, 0.3) is 0 Å². The van der Waals surface area contributed by atoms with Crippen LogP contribution in [0.1, 0.15) is 98.4 Å². The number of nitrogens with one attached hydrogen (secondary N) is 1. The van der Waals surface area contributed by atoms with Gasteiger partial charge in [0.05, 0.1) is 44.9 Å². The molecule has 1 unspecified atom stereocenters. The van der Waals surface area contributed by atoms with Crippen molar-refractivity contribution in [3.63, 3.8) is 0 Å². The van der Waals surface area contributed by atoms with Gasteiger partial charge in [0.1, 0.15) is 12.1 Å². The molecular formula is C47H54N6. The summed E-state index contributed by atoms with van der Waals surface area (Å²) in [6, 6.07) is 17.8. The molecule has 0 fully saturated rings. The number of nitrogen functional groups attached to an aromatic ring is 1. The zero-order valence-electron chi connectivity index (χ0n) is 33.4. The lowest BCUT2D eigenvalue weighted by Gasteiger charge is -2.34. The Balaban J connectivity index is 2.08. The molecule has 6 heteroatoms. The maximum absolute atomic E-state index is 11.0. The summed E-state index contributed by atoms with van der Waals surface area (Å²) in [4.78, 5) is 1.97. The number of allylic oxidation sites excluding steroid dienone is 6. The van der Waals surface area contributed by atoms with Crippen LogP contribution in [0.3, 0.4) is 0 Å². The van der Waals surface area contributed by atoms with Gasteiger partial charge in [-0.15, -0.1) is 0 Å². The number of aromatic nitrogens is 1. The van der Waals surface area contributed by atoms with Crippen LogP contribution in [0.4, 0.5) is 17.1 Å². The van der Waals surface area contributed by atoms with E-state index in [9.17, 15) is 10.5 Å². The molecule has 272 valence electrons. The second-order valence-corrected chi connectivity index (χ2v) is 17.3. The van der Waals surface area contributed by atoms with E-state index in [1.165, 1.54) is 11.1 Å². The van der Waals surface area contributed by atoms with Crippen LogP contribution in [-0.2, 0) is 10.8 Å². The number of nitrogens with two attached hydrogens (primary N) is 1. The Morgan fingerprint density at radius 2 is 1.38 bits per heavy atom. The highest BCUT2D eigenvalue weighted by molar-refractivity contribution is 6.12. The van der Waals surface area contributed by atoms with E-state index in [-0.39, 0.29) is 39.0 Å². The van der Waals surface area contributed by atoms with Crippen LogP contribution in [0.5, 0.6) is 0 Å². The number of hydrogen-bond donors (Lipinski definition) is 2. The fraction of sp³-hybridized carbons (Fsp3) is 0.319. The van der Waals surface area contributed by atoms with Crippen molar-refractivity contribution in [2.24, 2.45) is 11.3 Å². The summed E-state index contributed by atoms with van der Waals surface area (Å²) in [7, 11) is 0. The first-order valence-electron chi connectivity index (χ1n) is 18.2. The van der Waals surface area contributed by atoms with Crippen molar-refractivity contribution in [2.75, 3.05) is 16.0 Å². The zero-order chi connectivity index (χ0) is 39.4. The molecule has 1 aliphatic heterocycles. The van der Waals surface area contributed by atoms with Crippen molar-refractivity contribution < 1.29 is 0 Å². The Hall–Kier alpha value is -5.72.